The first-order valence-electron chi connectivity index (χ1n) is 7.78. The Bertz CT molecular complexity index is 674. The van der Waals surface area contributed by atoms with Crippen molar-refractivity contribution in [2.45, 2.75) is 32.6 Å². The largest absolute Gasteiger partial charge is 0.0736 e. The first-order valence-corrected chi connectivity index (χ1v) is 7.78. The minimum atomic E-state index is 0.420. The summed E-state index contributed by atoms with van der Waals surface area (Å²) in [5.74, 6) is 0.420. The third-order valence-corrected chi connectivity index (χ3v) is 4.40. The van der Waals surface area contributed by atoms with Crippen LogP contribution in [0.25, 0.3) is 0 Å². The molecule has 21 heavy (non-hydrogen) atoms. The third kappa shape index (κ3) is 2.85. The predicted molar refractivity (Wildman–Crippen MR) is 90.6 cm³/mol. The fourth-order valence-electron chi connectivity index (χ4n) is 3.06. The lowest BCUT2D eigenvalue weighted by Gasteiger charge is -2.14. The van der Waals surface area contributed by atoms with Crippen LogP contribution in [0.15, 0.2) is 77.9 Å². The summed E-state index contributed by atoms with van der Waals surface area (Å²) in [6.07, 6.45) is 6.82. The Hall–Kier alpha value is -2.08. The van der Waals surface area contributed by atoms with Crippen molar-refractivity contribution in [1.29, 1.82) is 0 Å². The number of hydrogen-bond donors (Lipinski definition) is 0. The van der Waals surface area contributed by atoms with Crippen LogP contribution < -0.4 is 0 Å². The highest BCUT2D eigenvalue weighted by molar-refractivity contribution is 5.53. The van der Waals surface area contributed by atoms with Crippen molar-refractivity contribution >= 4 is 0 Å². The second-order valence-corrected chi connectivity index (χ2v) is 5.83. The summed E-state index contributed by atoms with van der Waals surface area (Å²) in [5, 5.41) is 0. The molecule has 106 valence electrons. The normalized spacial score (nSPS) is 19.8. The van der Waals surface area contributed by atoms with Gasteiger partial charge in [-0.1, -0.05) is 84.8 Å². The Balaban J connectivity index is 2.06. The van der Waals surface area contributed by atoms with Crippen LogP contribution in [0.2, 0.25) is 0 Å². The maximum absolute atomic E-state index is 2.34. The Kier molecular flexibility index (Phi) is 4.06. The van der Waals surface area contributed by atoms with Crippen molar-refractivity contribution in [1.82, 2.24) is 0 Å². The van der Waals surface area contributed by atoms with Crippen molar-refractivity contribution in [2.75, 3.05) is 0 Å². The van der Waals surface area contributed by atoms with Gasteiger partial charge < -0.3 is 0 Å². The molecule has 1 atom stereocenters. The molecule has 0 spiro atoms. The SMILES string of the molecule is CC/C(C)=C\C=C1/Cc2ccccc2C1c1ccccc1. The van der Waals surface area contributed by atoms with Crippen LogP contribution in [0.5, 0.6) is 0 Å². The summed E-state index contributed by atoms with van der Waals surface area (Å²) < 4.78 is 0. The molecule has 0 bridgehead atoms. The molecule has 0 amide bonds. The van der Waals surface area contributed by atoms with Gasteiger partial charge in [0.05, 0.1) is 0 Å². The molecule has 2 aromatic rings. The van der Waals surface area contributed by atoms with Crippen LogP contribution in [-0.4, -0.2) is 0 Å². The Morgan fingerprint density at radius 2 is 1.76 bits per heavy atom. The van der Waals surface area contributed by atoms with Gasteiger partial charge >= 0.3 is 0 Å². The van der Waals surface area contributed by atoms with E-state index in [9.17, 15) is 0 Å². The van der Waals surface area contributed by atoms with Crippen molar-refractivity contribution in [3.8, 4) is 0 Å². The van der Waals surface area contributed by atoms with Gasteiger partial charge in [0.15, 0.2) is 0 Å². The van der Waals surface area contributed by atoms with E-state index in [1.807, 2.05) is 0 Å². The third-order valence-electron chi connectivity index (χ3n) is 4.40. The maximum Gasteiger partial charge on any atom is 0.0308 e. The van der Waals surface area contributed by atoms with E-state index in [0.29, 0.717) is 5.92 Å². The molecule has 0 radical (unpaired) electrons. The van der Waals surface area contributed by atoms with Crippen LogP contribution in [0, 0.1) is 0 Å². The van der Waals surface area contributed by atoms with Crippen molar-refractivity contribution in [3.05, 3.63) is 94.6 Å². The van der Waals surface area contributed by atoms with Gasteiger partial charge in [-0.05, 0) is 36.5 Å². The summed E-state index contributed by atoms with van der Waals surface area (Å²) in [7, 11) is 0. The monoisotopic (exact) mass is 274 g/mol. The number of allylic oxidation sites excluding steroid dienone is 4. The van der Waals surface area contributed by atoms with Gasteiger partial charge in [0.2, 0.25) is 0 Å². The zero-order valence-electron chi connectivity index (χ0n) is 12.8. The zero-order valence-corrected chi connectivity index (χ0v) is 12.8. The average Bonchev–Trinajstić information content (AvgIpc) is 2.91. The molecule has 0 saturated carbocycles. The van der Waals surface area contributed by atoms with Gasteiger partial charge in [0, 0.05) is 5.92 Å². The van der Waals surface area contributed by atoms with E-state index in [4.69, 9.17) is 0 Å². The van der Waals surface area contributed by atoms with Gasteiger partial charge in [-0.25, -0.2) is 0 Å². The Labute approximate surface area is 127 Å². The lowest BCUT2D eigenvalue weighted by atomic mass is 9.89. The molecular weight excluding hydrogens is 252 g/mol. The molecule has 0 aromatic heterocycles. The predicted octanol–water partition coefficient (Wildman–Crippen LogP) is 5.66. The molecule has 0 nitrogen and oxygen atoms in total. The molecule has 0 heterocycles. The first kappa shape index (κ1) is 13.9. The fraction of sp³-hybridized carbons (Fsp3) is 0.238. The molecule has 1 aliphatic rings. The lowest BCUT2D eigenvalue weighted by Crippen LogP contribution is -1.98. The van der Waals surface area contributed by atoms with Crippen LogP contribution in [0.1, 0.15) is 42.9 Å². The molecule has 0 N–H and O–H groups in total. The summed E-state index contributed by atoms with van der Waals surface area (Å²) in [5.41, 5.74) is 7.29. The molecule has 0 fully saturated rings. The number of hydrogen-bond acceptors (Lipinski definition) is 0. The lowest BCUT2D eigenvalue weighted by molar-refractivity contribution is 0.978. The van der Waals surface area contributed by atoms with E-state index in [1.165, 1.54) is 27.8 Å². The van der Waals surface area contributed by atoms with Gasteiger partial charge in [-0.3, -0.25) is 0 Å². The van der Waals surface area contributed by atoms with E-state index >= 15 is 0 Å². The zero-order chi connectivity index (χ0) is 14.7. The van der Waals surface area contributed by atoms with Crippen molar-refractivity contribution in [2.24, 2.45) is 0 Å². The Morgan fingerprint density at radius 3 is 2.52 bits per heavy atom. The molecule has 0 aliphatic heterocycles. The number of rotatable bonds is 3. The summed E-state index contributed by atoms with van der Waals surface area (Å²) >= 11 is 0. The molecular formula is C21H22. The van der Waals surface area contributed by atoms with E-state index in [0.717, 1.165) is 12.8 Å². The van der Waals surface area contributed by atoms with Gasteiger partial charge in [-0.15, -0.1) is 0 Å². The molecule has 0 saturated heterocycles. The quantitative estimate of drug-likeness (QED) is 0.677. The first-order chi connectivity index (χ1) is 10.3. The van der Waals surface area contributed by atoms with E-state index < -0.39 is 0 Å². The number of fused-ring (bicyclic) bond motifs is 1. The minimum Gasteiger partial charge on any atom is -0.0736 e. The summed E-state index contributed by atoms with van der Waals surface area (Å²) in [4.78, 5) is 0. The summed E-state index contributed by atoms with van der Waals surface area (Å²) in [6, 6.07) is 19.7. The maximum atomic E-state index is 2.34. The second kappa shape index (κ2) is 6.13. The molecule has 0 heteroatoms. The fourth-order valence-corrected chi connectivity index (χ4v) is 3.06. The highest BCUT2D eigenvalue weighted by Crippen LogP contribution is 2.41. The highest BCUT2D eigenvalue weighted by atomic mass is 14.3. The Morgan fingerprint density at radius 1 is 1.05 bits per heavy atom. The number of benzene rings is 2. The molecule has 1 unspecified atom stereocenters. The minimum absolute atomic E-state index is 0.420. The summed E-state index contributed by atoms with van der Waals surface area (Å²) in [6.45, 7) is 4.42. The standard InChI is InChI=1S/C21H22/c1-3-16(2)13-14-19-15-18-11-7-8-12-20(18)21(19)17-9-5-4-6-10-17/h4-14,21H,3,15H2,1-2H3/b16-13-,19-14+. The van der Waals surface area contributed by atoms with Gasteiger partial charge in [-0.2, -0.15) is 0 Å². The van der Waals surface area contributed by atoms with E-state index in [1.54, 1.807) is 0 Å². The highest BCUT2D eigenvalue weighted by Gasteiger charge is 2.27. The topological polar surface area (TPSA) is 0 Å². The average molecular weight is 274 g/mol. The van der Waals surface area contributed by atoms with Crippen molar-refractivity contribution in [3.63, 3.8) is 0 Å². The smallest absolute Gasteiger partial charge is 0.0308 e. The van der Waals surface area contributed by atoms with Gasteiger partial charge in [0.25, 0.3) is 0 Å². The second-order valence-electron chi connectivity index (χ2n) is 5.83. The van der Waals surface area contributed by atoms with Crippen LogP contribution in [0.3, 0.4) is 0 Å². The van der Waals surface area contributed by atoms with Crippen LogP contribution in [-0.2, 0) is 6.42 Å². The van der Waals surface area contributed by atoms with Crippen LogP contribution >= 0.6 is 0 Å². The molecule has 2 aromatic carbocycles. The molecule has 1 aliphatic carbocycles. The molecule has 3 rings (SSSR count). The van der Waals surface area contributed by atoms with Crippen LogP contribution in [0.4, 0.5) is 0 Å². The van der Waals surface area contributed by atoms with Gasteiger partial charge in [0.1, 0.15) is 0 Å². The van der Waals surface area contributed by atoms with E-state index in [-0.39, 0.29) is 0 Å². The van der Waals surface area contributed by atoms with Crippen molar-refractivity contribution < 1.29 is 0 Å². The van der Waals surface area contributed by atoms with E-state index in [2.05, 4.69) is 80.6 Å².